The number of carbonyl (C=O) groups excluding carboxylic acids is 2. The topological polar surface area (TPSA) is 62.0 Å². The highest BCUT2D eigenvalue weighted by Gasteiger charge is 2.33. The number of fused-ring (bicyclic) bond motifs is 1. The highest BCUT2D eigenvalue weighted by Crippen LogP contribution is 2.37. The van der Waals surface area contributed by atoms with Crippen molar-refractivity contribution in [1.29, 1.82) is 0 Å². The molecular formula is C14H13ClN2O2. The zero-order chi connectivity index (χ0) is 13.4. The van der Waals surface area contributed by atoms with Crippen molar-refractivity contribution < 1.29 is 9.59 Å². The molecule has 0 spiro atoms. The third-order valence-electron chi connectivity index (χ3n) is 3.29. The molecule has 4 nitrogen and oxygen atoms in total. The molecule has 0 bridgehead atoms. The van der Waals surface area contributed by atoms with Crippen molar-refractivity contribution in [1.82, 2.24) is 4.98 Å². The number of H-pyrrole nitrogens is 1. The second kappa shape index (κ2) is 4.70. The Morgan fingerprint density at radius 1 is 1.32 bits per heavy atom. The molecule has 1 amide bonds. The predicted molar refractivity (Wildman–Crippen MR) is 74.7 cm³/mol. The average molecular weight is 277 g/mol. The number of aromatic amines is 1. The van der Waals surface area contributed by atoms with Crippen LogP contribution in [-0.2, 0) is 4.79 Å². The van der Waals surface area contributed by atoms with Crippen molar-refractivity contribution in [3.63, 3.8) is 0 Å². The Hall–Kier alpha value is -1.81. The molecule has 0 atom stereocenters. The number of carbonyl (C=O) groups is 2. The molecule has 0 saturated heterocycles. The first-order chi connectivity index (χ1) is 9.20. The van der Waals surface area contributed by atoms with Gasteiger partial charge in [-0.15, -0.1) is 11.6 Å². The van der Waals surface area contributed by atoms with Crippen molar-refractivity contribution in [2.75, 3.05) is 11.2 Å². The van der Waals surface area contributed by atoms with Crippen LogP contribution in [0.5, 0.6) is 0 Å². The Balaban J connectivity index is 2.10. The fraction of sp³-hybridized carbons (Fsp3) is 0.286. The Bertz CT molecular complexity index is 659. The molecule has 2 N–H and O–H groups in total. The number of hydrogen-bond donors (Lipinski definition) is 2. The summed E-state index contributed by atoms with van der Waals surface area (Å²) in [6.45, 7) is 0. The number of benzene rings is 1. The highest BCUT2D eigenvalue weighted by atomic mass is 35.5. The number of alkyl halides is 1. The fourth-order valence-corrected chi connectivity index (χ4v) is 2.25. The van der Waals surface area contributed by atoms with Crippen molar-refractivity contribution in [2.24, 2.45) is 5.92 Å². The average Bonchev–Trinajstić information content (AvgIpc) is 3.22. The van der Waals surface area contributed by atoms with Gasteiger partial charge >= 0.3 is 0 Å². The van der Waals surface area contributed by atoms with Crippen molar-refractivity contribution in [3.05, 3.63) is 30.0 Å². The van der Waals surface area contributed by atoms with E-state index < -0.39 is 0 Å². The molecule has 1 saturated carbocycles. The number of Topliss-reactive ketones (excluding diaryl/α,β-unsaturated/α-hetero) is 1. The summed E-state index contributed by atoms with van der Waals surface area (Å²) >= 11 is 5.52. The standard InChI is InChI=1S/C14H13ClN2O2/c15-7-11(18)17-12-9-3-1-2-4-10(9)16-13(12)14(19)8-5-6-8/h1-4,8,16H,5-7H2,(H,17,18). The van der Waals surface area contributed by atoms with Gasteiger partial charge in [0.15, 0.2) is 5.78 Å². The van der Waals surface area contributed by atoms with Crippen LogP contribution >= 0.6 is 11.6 Å². The first-order valence-electron chi connectivity index (χ1n) is 6.21. The van der Waals surface area contributed by atoms with E-state index in [1.54, 1.807) is 0 Å². The first-order valence-corrected chi connectivity index (χ1v) is 6.75. The lowest BCUT2D eigenvalue weighted by Crippen LogP contribution is -2.15. The van der Waals surface area contributed by atoms with E-state index in [1.165, 1.54) is 0 Å². The number of aromatic nitrogens is 1. The normalized spacial score (nSPS) is 14.6. The number of halogens is 1. The van der Waals surface area contributed by atoms with E-state index in [1.807, 2.05) is 24.3 Å². The van der Waals surface area contributed by atoms with Crippen LogP contribution in [0.4, 0.5) is 5.69 Å². The monoisotopic (exact) mass is 276 g/mol. The van der Waals surface area contributed by atoms with Gasteiger partial charge in [-0.2, -0.15) is 0 Å². The quantitative estimate of drug-likeness (QED) is 0.666. The van der Waals surface area contributed by atoms with Crippen molar-refractivity contribution in [2.45, 2.75) is 12.8 Å². The van der Waals surface area contributed by atoms with Crippen LogP contribution in [0.1, 0.15) is 23.3 Å². The molecule has 1 fully saturated rings. The Morgan fingerprint density at radius 2 is 2.05 bits per heavy atom. The predicted octanol–water partition coefficient (Wildman–Crippen LogP) is 2.94. The fourth-order valence-electron chi connectivity index (χ4n) is 2.18. The number of anilines is 1. The number of hydrogen-bond acceptors (Lipinski definition) is 2. The maximum atomic E-state index is 12.3. The number of ketones is 1. The van der Waals surface area contributed by atoms with Crippen LogP contribution in [0.2, 0.25) is 0 Å². The van der Waals surface area contributed by atoms with Crippen LogP contribution in [0.3, 0.4) is 0 Å². The minimum atomic E-state index is -0.309. The van der Waals surface area contributed by atoms with E-state index in [9.17, 15) is 9.59 Å². The molecule has 1 aromatic heterocycles. The molecule has 1 heterocycles. The molecule has 2 aromatic rings. The molecule has 0 aliphatic heterocycles. The van der Waals surface area contributed by atoms with Crippen LogP contribution in [0.15, 0.2) is 24.3 Å². The van der Waals surface area contributed by atoms with Gasteiger partial charge in [0.1, 0.15) is 11.6 Å². The summed E-state index contributed by atoms with van der Waals surface area (Å²) in [5.74, 6) is -0.270. The van der Waals surface area contributed by atoms with Crippen LogP contribution < -0.4 is 5.32 Å². The number of nitrogens with one attached hydrogen (secondary N) is 2. The van der Waals surface area contributed by atoms with Gasteiger partial charge in [0.05, 0.1) is 5.69 Å². The Morgan fingerprint density at radius 3 is 2.74 bits per heavy atom. The highest BCUT2D eigenvalue weighted by molar-refractivity contribution is 6.30. The number of para-hydroxylation sites is 1. The SMILES string of the molecule is O=C(CCl)Nc1c(C(=O)C2CC2)[nH]c2ccccc12. The minimum absolute atomic E-state index is 0.0704. The zero-order valence-electron chi connectivity index (χ0n) is 10.2. The van der Waals surface area contributed by atoms with E-state index in [4.69, 9.17) is 11.6 Å². The zero-order valence-corrected chi connectivity index (χ0v) is 11.0. The molecule has 98 valence electrons. The second-order valence-corrected chi connectivity index (χ2v) is 5.01. The smallest absolute Gasteiger partial charge is 0.239 e. The summed E-state index contributed by atoms with van der Waals surface area (Å²) < 4.78 is 0. The lowest BCUT2D eigenvalue weighted by atomic mass is 10.1. The Kier molecular flexibility index (Phi) is 3.03. The van der Waals surface area contributed by atoms with Gasteiger partial charge in [0.25, 0.3) is 0 Å². The van der Waals surface area contributed by atoms with E-state index >= 15 is 0 Å². The maximum Gasteiger partial charge on any atom is 0.239 e. The van der Waals surface area contributed by atoms with Gasteiger partial charge in [-0.1, -0.05) is 18.2 Å². The molecule has 3 rings (SSSR count). The van der Waals surface area contributed by atoms with Gasteiger partial charge < -0.3 is 10.3 Å². The molecular weight excluding hydrogens is 264 g/mol. The third-order valence-corrected chi connectivity index (χ3v) is 3.53. The summed E-state index contributed by atoms with van der Waals surface area (Å²) in [5.41, 5.74) is 1.89. The van der Waals surface area contributed by atoms with Gasteiger partial charge in [-0.25, -0.2) is 0 Å². The van der Waals surface area contributed by atoms with E-state index in [-0.39, 0.29) is 23.5 Å². The molecule has 1 aromatic carbocycles. The van der Waals surface area contributed by atoms with E-state index in [2.05, 4.69) is 10.3 Å². The minimum Gasteiger partial charge on any atom is -0.350 e. The van der Waals surface area contributed by atoms with Gasteiger partial charge in [-0.05, 0) is 18.9 Å². The molecule has 0 unspecified atom stereocenters. The van der Waals surface area contributed by atoms with Gasteiger partial charge in [0.2, 0.25) is 5.91 Å². The summed E-state index contributed by atoms with van der Waals surface area (Å²) in [6.07, 6.45) is 1.86. The van der Waals surface area contributed by atoms with Crippen molar-refractivity contribution >= 4 is 39.9 Å². The van der Waals surface area contributed by atoms with Crippen LogP contribution in [-0.4, -0.2) is 22.6 Å². The largest absolute Gasteiger partial charge is 0.350 e. The molecule has 19 heavy (non-hydrogen) atoms. The second-order valence-electron chi connectivity index (χ2n) is 4.74. The van der Waals surface area contributed by atoms with E-state index in [0.717, 1.165) is 23.7 Å². The van der Waals surface area contributed by atoms with E-state index in [0.29, 0.717) is 11.4 Å². The molecule has 0 radical (unpaired) electrons. The van der Waals surface area contributed by atoms with Crippen LogP contribution in [0.25, 0.3) is 10.9 Å². The van der Waals surface area contributed by atoms with Crippen molar-refractivity contribution in [3.8, 4) is 0 Å². The summed E-state index contributed by atoms with van der Waals surface area (Å²) in [7, 11) is 0. The molecule has 5 heteroatoms. The first kappa shape index (κ1) is 12.2. The number of amides is 1. The van der Waals surface area contributed by atoms with Gasteiger partial charge in [0, 0.05) is 16.8 Å². The summed E-state index contributed by atoms with van der Waals surface area (Å²) in [4.78, 5) is 26.9. The van der Waals surface area contributed by atoms with Crippen LogP contribution in [0, 0.1) is 5.92 Å². The lowest BCUT2D eigenvalue weighted by molar-refractivity contribution is -0.113. The summed E-state index contributed by atoms with van der Waals surface area (Å²) in [5, 5.41) is 3.56. The molecule has 1 aliphatic rings. The third kappa shape index (κ3) is 2.24. The van der Waals surface area contributed by atoms with Gasteiger partial charge in [-0.3, -0.25) is 9.59 Å². The summed E-state index contributed by atoms with van der Waals surface area (Å²) in [6, 6.07) is 7.52. The maximum absolute atomic E-state index is 12.3. The number of rotatable bonds is 4. The lowest BCUT2D eigenvalue weighted by Gasteiger charge is -2.04. The Labute approximate surface area is 115 Å². The molecule has 1 aliphatic carbocycles.